The maximum absolute atomic E-state index is 5.57. The van der Waals surface area contributed by atoms with Crippen molar-refractivity contribution in [3.05, 3.63) is 17.7 Å². The minimum atomic E-state index is 0.549. The van der Waals surface area contributed by atoms with Gasteiger partial charge in [0, 0.05) is 45.0 Å². The maximum atomic E-state index is 5.57. The number of ether oxygens (including phenoxy) is 4. The van der Waals surface area contributed by atoms with Crippen molar-refractivity contribution >= 4 is 5.96 Å². The van der Waals surface area contributed by atoms with E-state index in [-0.39, 0.29) is 0 Å². The topological polar surface area (TPSA) is 73.3 Å². The average molecular weight is 367 g/mol. The highest BCUT2D eigenvalue weighted by atomic mass is 16.5. The Hall–Kier alpha value is -2.15. The molecular formula is C19H33N3O4. The molecule has 0 atom stereocenters. The minimum Gasteiger partial charge on any atom is -0.496 e. The second-order valence-corrected chi connectivity index (χ2v) is 6.19. The lowest BCUT2D eigenvalue weighted by molar-refractivity contribution is 0.108. The molecule has 0 saturated heterocycles. The number of hydrogen-bond donors (Lipinski definition) is 2. The van der Waals surface area contributed by atoms with Crippen LogP contribution in [0.15, 0.2) is 17.1 Å². The molecule has 0 amide bonds. The Morgan fingerprint density at radius 2 is 1.65 bits per heavy atom. The molecule has 0 aliphatic heterocycles. The number of aliphatic imine (C=N–C) groups is 1. The van der Waals surface area contributed by atoms with Gasteiger partial charge in [0.2, 0.25) is 0 Å². The fourth-order valence-electron chi connectivity index (χ4n) is 2.33. The summed E-state index contributed by atoms with van der Waals surface area (Å²) < 4.78 is 21.7. The highest BCUT2D eigenvalue weighted by Gasteiger charge is 2.12. The number of rotatable bonds is 11. The third-order valence-corrected chi connectivity index (χ3v) is 3.67. The predicted molar refractivity (Wildman–Crippen MR) is 105 cm³/mol. The first kappa shape index (κ1) is 21.9. The van der Waals surface area contributed by atoms with E-state index in [1.807, 2.05) is 12.1 Å². The van der Waals surface area contributed by atoms with Crippen LogP contribution in [0, 0.1) is 5.92 Å². The van der Waals surface area contributed by atoms with E-state index in [2.05, 4.69) is 29.5 Å². The lowest BCUT2D eigenvalue weighted by Crippen LogP contribution is -2.37. The average Bonchev–Trinajstić information content (AvgIpc) is 2.65. The molecule has 0 fully saturated rings. The summed E-state index contributed by atoms with van der Waals surface area (Å²) in [4.78, 5) is 4.24. The van der Waals surface area contributed by atoms with Gasteiger partial charge in [0.25, 0.3) is 0 Å². The number of nitrogens with zero attached hydrogens (tertiary/aromatic N) is 1. The molecule has 1 aromatic rings. The van der Waals surface area contributed by atoms with Crippen LogP contribution < -0.4 is 24.8 Å². The monoisotopic (exact) mass is 367 g/mol. The van der Waals surface area contributed by atoms with Crippen molar-refractivity contribution in [2.45, 2.75) is 26.8 Å². The van der Waals surface area contributed by atoms with Gasteiger partial charge in [-0.2, -0.15) is 0 Å². The summed E-state index contributed by atoms with van der Waals surface area (Å²) in [6, 6.07) is 3.72. The van der Waals surface area contributed by atoms with Gasteiger partial charge in [-0.1, -0.05) is 13.8 Å². The predicted octanol–water partition coefficient (Wildman–Crippen LogP) is 2.44. The largest absolute Gasteiger partial charge is 0.496 e. The second kappa shape index (κ2) is 12.2. The highest BCUT2D eigenvalue weighted by Crippen LogP contribution is 2.34. The van der Waals surface area contributed by atoms with Gasteiger partial charge < -0.3 is 29.6 Å². The van der Waals surface area contributed by atoms with Crippen LogP contribution in [0.1, 0.15) is 25.8 Å². The quantitative estimate of drug-likeness (QED) is 0.356. The maximum Gasteiger partial charge on any atom is 0.191 e. The van der Waals surface area contributed by atoms with Crippen molar-refractivity contribution in [2.75, 3.05) is 48.1 Å². The molecule has 7 heteroatoms. The highest BCUT2D eigenvalue weighted by molar-refractivity contribution is 5.79. The van der Waals surface area contributed by atoms with E-state index in [4.69, 9.17) is 18.9 Å². The van der Waals surface area contributed by atoms with Gasteiger partial charge >= 0.3 is 0 Å². The van der Waals surface area contributed by atoms with E-state index in [1.54, 1.807) is 28.4 Å². The van der Waals surface area contributed by atoms with Crippen LogP contribution in [0.3, 0.4) is 0 Å². The van der Waals surface area contributed by atoms with Crippen molar-refractivity contribution in [2.24, 2.45) is 10.9 Å². The Balaban J connectivity index is 2.52. The first-order valence-corrected chi connectivity index (χ1v) is 8.86. The minimum absolute atomic E-state index is 0.549. The molecule has 7 nitrogen and oxygen atoms in total. The molecular weight excluding hydrogens is 334 g/mol. The number of hydrogen-bond acceptors (Lipinski definition) is 5. The van der Waals surface area contributed by atoms with Gasteiger partial charge in [0.15, 0.2) is 17.5 Å². The van der Waals surface area contributed by atoms with Gasteiger partial charge in [-0.05, 0) is 18.4 Å². The Morgan fingerprint density at radius 1 is 1.00 bits per heavy atom. The molecule has 0 heterocycles. The smallest absolute Gasteiger partial charge is 0.191 e. The molecule has 0 aromatic heterocycles. The number of benzene rings is 1. The Kier molecular flexibility index (Phi) is 10.3. The van der Waals surface area contributed by atoms with E-state index >= 15 is 0 Å². The fraction of sp³-hybridized carbons (Fsp3) is 0.632. The Bertz CT molecular complexity index is 562. The molecule has 0 saturated carbocycles. The summed E-state index contributed by atoms with van der Waals surface area (Å²) in [6.45, 7) is 7.17. The van der Waals surface area contributed by atoms with Gasteiger partial charge in [-0.3, -0.25) is 4.99 Å². The van der Waals surface area contributed by atoms with Crippen LogP contribution in [0.2, 0.25) is 0 Å². The molecule has 0 unspecified atom stereocenters. The zero-order chi connectivity index (χ0) is 19.4. The molecule has 0 aliphatic rings. The number of guanidine groups is 1. The number of methoxy groups -OCH3 is 3. The first-order valence-electron chi connectivity index (χ1n) is 8.86. The zero-order valence-electron chi connectivity index (χ0n) is 16.8. The molecule has 1 aromatic carbocycles. The second-order valence-electron chi connectivity index (χ2n) is 6.19. The summed E-state index contributed by atoms with van der Waals surface area (Å²) in [7, 11) is 6.60. The van der Waals surface area contributed by atoms with E-state index < -0.39 is 0 Å². The zero-order valence-corrected chi connectivity index (χ0v) is 16.8. The summed E-state index contributed by atoms with van der Waals surface area (Å²) in [5.41, 5.74) is 0.952. The molecule has 1 rings (SSSR count). The van der Waals surface area contributed by atoms with E-state index in [9.17, 15) is 0 Å². The van der Waals surface area contributed by atoms with Crippen molar-refractivity contribution in [3.63, 3.8) is 0 Å². The number of nitrogens with one attached hydrogen (secondary N) is 2. The van der Waals surface area contributed by atoms with Crippen molar-refractivity contribution < 1.29 is 18.9 Å². The van der Waals surface area contributed by atoms with E-state index in [1.165, 1.54) is 0 Å². The third-order valence-electron chi connectivity index (χ3n) is 3.67. The Labute approximate surface area is 157 Å². The molecule has 2 N–H and O–H groups in total. The molecule has 0 spiro atoms. The normalized spacial score (nSPS) is 11.4. The van der Waals surface area contributed by atoms with Crippen LogP contribution >= 0.6 is 0 Å². The Morgan fingerprint density at radius 3 is 2.23 bits per heavy atom. The van der Waals surface area contributed by atoms with Gasteiger partial charge in [-0.15, -0.1) is 0 Å². The van der Waals surface area contributed by atoms with Crippen molar-refractivity contribution in [3.8, 4) is 17.2 Å². The molecule has 0 aliphatic carbocycles. The standard InChI is InChI=1S/C19H33N3O4/c1-14(2)13-26-9-7-8-21-19(20-3)22-12-15-10-17(24-5)18(25-6)11-16(15)23-4/h10-11,14H,7-9,12-13H2,1-6H3,(H2,20,21,22). The first-order chi connectivity index (χ1) is 12.5. The van der Waals surface area contributed by atoms with Crippen LogP contribution in [0.25, 0.3) is 0 Å². The fourth-order valence-corrected chi connectivity index (χ4v) is 2.33. The van der Waals surface area contributed by atoms with Gasteiger partial charge in [0.1, 0.15) is 5.75 Å². The summed E-state index contributed by atoms with van der Waals surface area (Å²) in [6.07, 6.45) is 0.924. The SMILES string of the molecule is CN=C(NCCCOCC(C)C)NCc1cc(OC)c(OC)cc1OC. The molecule has 0 radical (unpaired) electrons. The van der Waals surface area contributed by atoms with Gasteiger partial charge in [0.05, 0.1) is 21.3 Å². The van der Waals surface area contributed by atoms with Crippen molar-refractivity contribution in [1.29, 1.82) is 0 Å². The van der Waals surface area contributed by atoms with Crippen LogP contribution in [-0.4, -0.2) is 54.1 Å². The summed E-state index contributed by atoms with van der Waals surface area (Å²) >= 11 is 0. The van der Waals surface area contributed by atoms with Crippen molar-refractivity contribution in [1.82, 2.24) is 10.6 Å². The van der Waals surface area contributed by atoms with Gasteiger partial charge in [-0.25, -0.2) is 0 Å². The lowest BCUT2D eigenvalue weighted by Gasteiger charge is -2.16. The third kappa shape index (κ3) is 7.39. The van der Waals surface area contributed by atoms with Crippen LogP contribution in [0.4, 0.5) is 0 Å². The molecule has 0 bridgehead atoms. The summed E-state index contributed by atoms with van der Waals surface area (Å²) in [5.74, 6) is 3.32. The molecule has 26 heavy (non-hydrogen) atoms. The van der Waals surface area contributed by atoms with Crippen LogP contribution in [-0.2, 0) is 11.3 Å². The van der Waals surface area contributed by atoms with E-state index in [0.717, 1.165) is 43.5 Å². The molecule has 148 valence electrons. The van der Waals surface area contributed by atoms with E-state index in [0.29, 0.717) is 24.0 Å². The summed E-state index contributed by atoms with van der Waals surface area (Å²) in [5, 5.41) is 6.56. The lowest BCUT2D eigenvalue weighted by atomic mass is 10.1. The van der Waals surface area contributed by atoms with Crippen LogP contribution in [0.5, 0.6) is 17.2 Å².